The van der Waals surface area contributed by atoms with Crippen molar-refractivity contribution < 1.29 is 13.5 Å². The van der Waals surface area contributed by atoms with Gasteiger partial charge in [-0.15, -0.1) is 0 Å². The SMILES string of the molecule is Fc1cc2cc[nH]c2c(F)c1-c1cnn(C2CCCCO2)c1. The van der Waals surface area contributed by atoms with Gasteiger partial charge in [0.25, 0.3) is 0 Å². The number of rotatable bonds is 2. The monoisotopic (exact) mass is 303 g/mol. The lowest BCUT2D eigenvalue weighted by molar-refractivity contribution is -0.0394. The Morgan fingerprint density at radius 3 is 3.05 bits per heavy atom. The zero-order valence-corrected chi connectivity index (χ0v) is 11.9. The summed E-state index contributed by atoms with van der Waals surface area (Å²) >= 11 is 0. The van der Waals surface area contributed by atoms with Crippen LogP contribution >= 0.6 is 0 Å². The predicted molar refractivity (Wildman–Crippen MR) is 78.3 cm³/mol. The molecule has 0 radical (unpaired) electrons. The van der Waals surface area contributed by atoms with Crippen LogP contribution in [0.2, 0.25) is 0 Å². The summed E-state index contributed by atoms with van der Waals surface area (Å²) in [6.45, 7) is 0.691. The molecule has 0 amide bonds. The Kier molecular flexibility index (Phi) is 3.18. The summed E-state index contributed by atoms with van der Waals surface area (Å²) in [5.74, 6) is -1.18. The van der Waals surface area contributed by atoms with Crippen molar-refractivity contribution in [3.05, 3.63) is 42.4 Å². The quantitative estimate of drug-likeness (QED) is 0.777. The summed E-state index contributed by atoms with van der Waals surface area (Å²) in [5.41, 5.74) is 0.663. The standard InChI is InChI=1S/C16H15F2N3O/c17-12-7-10-4-5-19-16(10)15(18)14(12)11-8-20-21(9-11)13-3-1-2-6-22-13/h4-5,7-9,13,19H,1-3,6H2. The molecule has 4 rings (SSSR count). The van der Waals surface area contributed by atoms with Crippen molar-refractivity contribution >= 4 is 10.9 Å². The lowest BCUT2D eigenvalue weighted by Gasteiger charge is -2.22. The molecule has 22 heavy (non-hydrogen) atoms. The maximum Gasteiger partial charge on any atom is 0.158 e. The number of H-pyrrole nitrogens is 1. The van der Waals surface area contributed by atoms with Gasteiger partial charge in [0.15, 0.2) is 5.82 Å². The van der Waals surface area contributed by atoms with Gasteiger partial charge in [-0.05, 0) is 31.4 Å². The van der Waals surface area contributed by atoms with Crippen LogP contribution in [0.5, 0.6) is 0 Å². The Morgan fingerprint density at radius 1 is 1.32 bits per heavy atom. The number of aromatic nitrogens is 3. The van der Waals surface area contributed by atoms with Crippen molar-refractivity contribution in [2.45, 2.75) is 25.5 Å². The minimum Gasteiger partial charge on any atom is -0.359 e. The van der Waals surface area contributed by atoms with Gasteiger partial charge < -0.3 is 9.72 Å². The molecule has 1 aliphatic rings. The Balaban J connectivity index is 1.77. The number of nitrogens with zero attached hydrogens (tertiary/aromatic N) is 2. The molecule has 1 aromatic carbocycles. The molecular weight excluding hydrogens is 288 g/mol. The van der Waals surface area contributed by atoms with Crippen LogP contribution < -0.4 is 0 Å². The molecule has 114 valence electrons. The molecule has 1 atom stereocenters. The van der Waals surface area contributed by atoms with Crippen LogP contribution in [-0.2, 0) is 4.74 Å². The van der Waals surface area contributed by atoms with Crippen LogP contribution in [0.1, 0.15) is 25.5 Å². The first-order chi connectivity index (χ1) is 10.7. The fourth-order valence-electron chi connectivity index (χ4n) is 2.95. The van der Waals surface area contributed by atoms with Gasteiger partial charge in [-0.1, -0.05) is 0 Å². The Hall–Kier alpha value is -2.21. The van der Waals surface area contributed by atoms with E-state index in [4.69, 9.17) is 4.74 Å². The number of fused-ring (bicyclic) bond motifs is 1. The molecule has 0 spiro atoms. The van der Waals surface area contributed by atoms with Gasteiger partial charge in [-0.25, -0.2) is 13.5 Å². The molecule has 3 heterocycles. The molecule has 1 aliphatic heterocycles. The average Bonchev–Trinajstić information content (AvgIpc) is 3.17. The lowest BCUT2D eigenvalue weighted by atomic mass is 10.1. The second kappa shape index (κ2) is 5.21. The van der Waals surface area contributed by atoms with E-state index in [2.05, 4.69) is 10.1 Å². The molecule has 6 heteroatoms. The summed E-state index contributed by atoms with van der Waals surface area (Å²) in [5, 5.41) is 4.73. The highest BCUT2D eigenvalue weighted by Crippen LogP contribution is 2.32. The zero-order chi connectivity index (χ0) is 15.1. The second-order valence-corrected chi connectivity index (χ2v) is 5.52. The first-order valence-corrected chi connectivity index (χ1v) is 7.35. The van der Waals surface area contributed by atoms with Gasteiger partial charge in [0.1, 0.15) is 12.0 Å². The van der Waals surface area contributed by atoms with Gasteiger partial charge >= 0.3 is 0 Å². The van der Waals surface area contributed by atoms with Crippen molar-refractivity contribution in [3.63, 3.8) is 0 Å². The minimum absolute atomic E-state index is 0.0583. The van der Waals surface area contributed by atoms with Crippen LogP contribution in [0.25, 0.3) is 22.0 Å². The van der Waals surface area contributed by atoms with Crippen molar-refractivity contribution in [2.24, 2.45) is 0 Å². The third kappa shape index (κ3) is 2.11. The summed E-state index contributed by atoms with van der Waals surface area (Å²) < 4.78 is 36.1. The molecular formula is C16H15F2N3O. The van der Waals surface area contributed by atoms with Crippen LogP contribution in [0.4, 0.5) is 8.78 Å². The maximum atomic E-state index is 14.6. The van der Waals surface area contributed by atoms with E-state index in [1.807, 2.05) is 0 Å². The van der Waals surface area contributed by atoms with Gasteiger partial charge in [0.2, 0.25) is 0 Å². The van der Waals surface area contributed by atoms with Gasteiger partial charge in [0.05, 0.1) is 17.3 Å². The fourth-order valence-corrected chi connectivity index (χ4v) is 2.95. The van der Waals surface area contributed by atoms with Crippen LogP contribution in [0.15, 0.2) is 30.7 Å². The normalized spacial score (nSPS) is 18.9. The molecule has 0 aliphatic carbocycles. The van der Waals surface area contributed by atoms with E-state index in [0.717, 1.165) is 19.3 Å². The highest BCUT2D eigenvalue weighted by atomic mass is 19.1. The largest absolute Gasteiger partial charge is 0.359 e. The number of nitrogens with one attached hydrogen (secondary N) is 1. The third-order valence-electron chi connectivity index (χ3n) is 4.08. The molecule has 0 saturated carbocycles. The van der Waals surface area contributed by atoms with E-state index < -0.39 is 11.6 Å². The lowest BCUT2D eigenvalue weighted by Crippen LogP contribution is -2.18. The van der Waals surface area contributed by atoms with E-state index >= 15 is 0 Å². The Labute approximate surface area is 125 Å². The molecule has 1 unspecified atom stereocenters. The molecule has 0 bridgehead atoms. The first kappa shape index (κ1) is 13.5. The van der Waals surface area contributed by atoms with Crippen LogP contribution in [0, 0.1) is 11.6 Å². The molecule has 4 nitrogen and oxygen atoms in total. The van der Waals surface area contributed by atoms with Crippen molar-refractivity contribution in [1.29, 1.82) is 0 Å². The minimum atomic E-state index is -0.593. The number of hydrogen-bond donors (Lipinski definition) is 1. The van der Waals surface area contributed by atoms with Gasteiger partial charge in [-0.2, -0.15) is 5.10 Å². The van der Waals surface area contributed by atoms with E-state index in [1.165, 1.54) is 12.3 Å². The van der Waals surface area contributed by atoms with Gasteiger partial charge in [-0.3, -0.25) is 0 Å². The highest BCUT2D eigenvalue weighted by molar-refractivity contribution is 5.85. The number of hydrogen-bond acceptors (Lipinski definition) is 2. The molecule has 3 aromatic rings. The number of ether oxygens (including phenoxy) is 1. The highest BCUT2D eigenvalue weighted by Gasteiger charge is 2.21. The van der Waals surface area contributed by atoms with Gasteiger partial charge in [0, 0.05) is 30.0 Å². The fraction of sp³-hybridized carbons (Fsp3) is 0.312. The van der Waals surface area contributed by atoms with E-state index in [-0.39, 0.29) is 11.8 Å². The zero-order valence-electron chi connectivity index (χ0n) is 11.9. The second-order valence-electron chi connectivity index (χ2n) is 5.52. The maximum absolute atomic E-state index is 14.6. The molecule has 2 aromatic heterocycles. The molecule has 1 fully saturated rings. The summed E-state index contributed by atoms with van der Waals surface area (Å²) in [6.07, 6.45) is 7.54. The molecule has 1 saturated heterocycles. The number of benzene rings is 1. The summed E-state index contributed by atoms with van der Waals surface area (Å²) in [4.78, 5) is 2.80. The van der Waals surface area contributed by atoms with Crippen molar-refractivity contribution in [3.8, 4) is 11.1 Å². The third-order valence-corrected chi connectivity index (χ3v) is 4.08. The number of aromatic amines is 1. The summed E-state index contributed by atoms with van der Waals surface area (Å²) in [6, 6.07) is 2.98. The summed E-state index contributed by atoms with van der Waals surface area (Å²) in [7, 11) is 0. The van der Waals surface area contributed by atoms with E-state index in [0.29, 0.717) is 23.1 Å². The van der Waals surface area contributed by atoms with Crippen molar-refractivity contribution in [2.75, 3.05) is 6.61 Å². The van der Waals surface area contributed by atoms with Crippen molar-refractivity contribution in [1.82, 2.24) is 14.8 Å². The first-order valence-electron chi connectivity index (χ1n) is 7.35. The van der Waals surface area contributed by atoms with Crippen LogP contribution in [0.3, 0.4) is 0 Å². The van der Waals surface area contributed by atoms with Crippen LogP contribution in [-0.4, -0.2) is 21.4 Å². The topological polar surface area (TPSA) is 42.8 Å². The van der Waals surface area contributed by atoms with E-state index in [9.17, 15) is 8.78 Å². The smallest absolute Gasteiger partial charge is 0.158 e. The predicted octanol–water partition coefficient (Wildman–Crippen LogP) is 4.01. The Morgan fingerprint density at radius 2 is 2.23 bits per heavy atom. The average molecular weight is 303 g/mol. The Bertz CT molecular complexity index is 818. The van der Waals surface area contributed by atoms with E-state index in [1.54, 1.807) is 23.1 Å². The number of halogens is 2. The molecule has 1 N–H and O–H groups in total.